The molecule has 0 bridgehead atoms. The summed E-state index contributed by atoms with van der Waals surface area (Å²) in [5, 5.41) is 8.86. The fourth-order valence-electron chi connectivity index (χ4n) is 2.32. The van der Waals surface area contributed by atoms with E-state index in [2.05, 4.69) is 52.0 Å². The maximum absolute atomic E-state index is 8.86. The summed E-state index contributed by atoms with van der Waals surface area (Å²) in [4.78, 5) is 0. The van der Waals surface area contributed by atoms with Gasteiger partial charge in [-0.05, 0) is 42.4 Å². The Balaban J connectivity index is 2.16. The lowest BCUT2D eigenvalue weighted by molar-refractivity contribution is 0.232. The van der Waals surface area contributed by atoms with Gasteiger partial charge in [0.1, 0.15) is 5.75 Å². The van der Waals surface area contributed by atoms with Gasteiger partial charge in [0.15, 0.2) is 0 Å². The predicted octanol–water partition coefficient (Wildman–Crippen LogP) is 4.37. The Morgan fingerprint density at radius 3 is 2.53 bits per heavy atom. The Morgan fingerprint density at radius 1 is 1.32 bits per heavy atom. The van der Waals surface area contributed by atoms with Crippen molar-refractivity contribution in [2.24, 2.45) is 5.41 Å². The van der Waals surface area contributed by atoms with Crippen LogP contribution >= 0.6 is 0 Å². The fraction of sp³-hybridized carbons (Fsp3) is 0.588. The number of rotatable bonds is 4. The van der Waals surface area contributed by atoms with Crippen molar-refractivity contribution >= 4 is 0 Å². The first-order chi connectivity index (χ1) is 8.86. The molecule has 0 radical (unpaired) electrons. The average molecular weight is 257 g/mol. The highest BCUT2D eigenvalue weighted by molar-refractivity contribution is 5.41. The molecule has 1 fully saturated rings. The smallest absolute Gasteiger partial charge is 0.123 e. The highest BCUT2D eigenvalue weighted by atomic mass is 16.5. The van der Waals surface area contributed by atoms with E-state index in [0.717, 1.165) is 18.6 Å². The molecule has 0 unspecified atom stereocenters. The van der Waals surface area contributed by atoms with Gasteiger partial charge in [0.25, 0.3) is 0 Å². The maximum atomic E-state index is 8.86. The summed E-state index contributed by atoms with van der Waals surface area (Å²) in [5.74, 6) is 0.983. The molecule has 19 heavy (non-hydrogen) atoms. The molecule has 0 saturated heterocycles. The van der Waals surface area contributed by atoms with Gasteiger partial charge in [0.2, 0.25) is 0 Å². The molecule has 1 saturated carbocycles. The molecular formula is C17H23NO. The molecule has 102 valence electrons. The van der Waals surface area contributed by atoms with Crippen LogP contribution in [0.25, 0.3) is 0 Å². The summed E-state index contributed by atoms with van der Waals surface area (Å²) in [6, 6.07) is 8.69. The molecule has 0 spiro atoms. The van der Waals surface area contributed by atoms with Gasteiger partial charge >= 0.3 is 0 Å². The lowest BCUT2D eigenvalue weighted by Gasteiger charge is -2.24. The summed E-state index contributed by atoms with van der Waals surface area (Å²) in [7, 11) is 0. The first kappa shape index (κ1) is 13.9. The molecule has 0 atom stereocenters. The van der Waals surface area contributed by atoms with Crippen molar-refractivity contribution in [3.63, 3.8) is 0 Å². The van der Waals surface area contributed by atoms with Crippen LogP contribution in [0.3, 0.4) is 0 Å². The second kappa shape index (κ2) is 4.89. The molecule has 0 aliphatic heterocycles. The van der Waals surface area contributed by atoms with Crippen LogP contribution in [0.5, 0.6) is 5.75 Å². The zero-order valence-corrected chi connectivity index (χ0v) is 12.4. The standard InChI is InChI=1S/C17H23NO/c1-13-5-6-14(16(2,3)4)15(11-13)19-12-17(7-8-17)9-10-18/h5-6,11H,7-9,12H2,1-4H3. The zero-order valence-electron chi connectivity index (χ0n) is 12.4. The number of nitrogens with zero attached hydrogens (tertiary/aromatic N) is 1. The molecule has 2 nitrogen and oxygen atoms in total. The van der Waals surface area contributed by atoms with Crippen LogP contribution in [0, 0.1) is 23.7 Å². The topological polar surface area (TPSA) is 33.0 Å². The van der Waals surface area contributed by atoms with Crippen molar-refractivity contribution in [3.05, 3.63) is 29.3 Å². The van der Waals surface area contributed by atoms with Gasteiger partial charge in [0.05, 0.1) is 12.7 Å². The third kappa shape index (κ3) is 3.29. The molecule has 0 amide bonds. The van der Waals surface area contributed by atoms with Gasteiger partial charge in [-0.15, -0.1) is 0 Å². The van der Waals surface area contributed by atoms with E-state index >= 15 is 0 Å². The van der Waals surface area contributed by atoms with E-state index in [-0.39, 0.29) is 10.8 Å². The van der Waals surface area contributed by atoms with Crippen LogP contribution in [-0.4, -0.2) is 6.61 Å². The third-order valence-corrected chi connectivity index (χ3v) is 3.89. The van der Waals surface area contributed by atoms with Crippen LogP contribution in [0.2, 0.25) is 0 Å². The Labute approximate surface area is 116 Å². The molecule has 0 heterocycles. The van der Waals surface area contributed by atoms with Crippen molar-refractivity contribution in [2.45, 2.75) is 52.4 Å². The van der Waals surface area contributed by atoms with Crippen molar-refractivity contribution in [1.29, 1.82) is 5.26 Å². The van der Waals surface area contributed by atoms with Crippen LogP contribution < -0.4 is 4.74 Å². The van der Waals surface area contributed by atoms with Gasteiger partial charge in [-0.2, -0.15) is 5.26 Å². The van der Waals surface area contributed by atoms with E-state index in [1.54, 1.807) is 0 Å². The Bertz CT molecular complexity index is 501. The minimum atomic E-state index is 0.0783. The molecule has 1 aromatic rings. The van der Waals surface area contributed by atoms with Crippen LogP contribution in [0.15, 0.2) is 18.2 Å². The highest BCUT2D eigenvalue weighted by Crippen LogP contribution is 2.49. The number of benzene rings is 1. The molecule has 1 aliphatic carbocycles. The lowest BCUT2D eigenvalue weighted by atomic mass is 9.86. The van der Waals surface area contributed by atoms with Crippen molar-refractivity contribution in [2.75, 3.05) is 6.61 Å². The summed E-state index contributed by atoms with van der Waals surface area (Å²) >= 11 is 0. The fourth-order valence-corrected chi connectivity index (χ4v) is 2.32. The monoisotopic (exact) mass is 257 g/mol. The van der Waals surface area contributed by atoms with Crippen LogP contribution in [-0.2, 0) is 5.41 Å². The van der Waals surface area contributed by atoms with E-state index in [1.165, 1.54) is 11.1 Å². The second-order valence-electron chi connectivity index (χ2n) is 6.87. The molecule has 1 aromatic carbocycles. The van der Waals surface area contributed by atoms with Crippen molar-refractivity contribution in [3.8, 4) is 11.8 Å². The highest BCUT2D eigenvalue weighted by Gasteiger charge is 2.43. The van der Waals surface area contributed by atoms with Gasteiger partial charge in [-0.3, -0.25) is 0 Å². The SMILES string of the molecule is Cc1ccc(C(C)(C)C)c(OCC2(CC#N)CC2)c1. The molecule has 1 aliphatic rings. The van der Waals surface area contributed by atoms with Crippen LogP contribution in [0.1, 0.15) is 51.2 Å². The molecule has 0 N–H and O–H groups in total. The number of ether oxygens (including phenoxy) is 1. The van der Waals surface area contributed by atoms with Gasteiger partial charge in [-0.25, -0.2) is 0 Å². The van der Waals surface area contributed by atoms with Crippen molar-refractivity contribution in [1.82, 2.24) is 0 Å². The normalized spacial score (nSPS) is 16.8. The summed E-state index contributed by atoms with van der Waals surface area (Å²) in [5.41, 5.74) is 2.67. The number of hydrogen-bond acceptors (Lipinski definition) is 2. The van der Waals surface area contributed by atoms with Gasteiger partial charge < -0.3 is 4.74 Å². The average Bonchev–Trinajstić information content (AvgIpc) is 3.06. The van der Waals surface area contributed by atoms with E-state index in [0.29, 0.717) is 13.0 Å². The minimum Gasteiger partial charge on any atom is -0.493 e. The Kier molecular flexibility index (Phi) is 3.58. The van der Waals surface area contributed by atoms with E-state index in [9.17, 15) is 0 Å². The molecule has 0 aromatic heterocycles. The Morgan fingerprint density at radius 2 is 2.00 bits per heavy atom. The Hall–Kier alpha value is -1.49. The van der Waals surface area contributed by atoms with Gasteiger partial charge in [-0.1, -0.05) is 32.9 Å². The molecule has 2 heteroatoms. The summed E-state index contributed by atoms with van der Waals surface area (Å²) in [6.07, 6.45) is 2.86. The number of nitriles is 1. The second-order valence-corrected chi connectivity index (χ2v) is 6.87. The predicted molar refractivity (Wildman–Crippen MR) is 77.3 cm³/mol. The maximum Gasteiger partial charge on any atom is 0.123 e. The molecular weight excluding hydrogens is 234 g/mol. The third-order valence-electron chi connectivity index (χ3n) is 3.89. The number of aryl methyl sites for hydroxylation is 1. The van der Waals surface area contributed by atoms with E-state index in [1.807, 2.05) is 0 Å². The zero-order chi connectivity index (χ0) is 14.1. The number of hydrogen-bond donors (Lipinski definition) is 0. The summed E-state index contributed by atoms with van der Waals surface area (Å²) < 4.78 is 6.07. The first-order valence-corrected chi connectivity index (χ1v) is 6.97. The van der Waals surface area contributed by atoms with E-state index < -0.39 is 0 Å². The van der Waals surface area contributed by atoms with Gasteiger partial charge in [0, 0.05) is 11.8 Å². The van der Waals surface area contributed by atoms with E-state index in [4.69, 9.17) is 10.00 Å². The largest absolute Gasteiger partial charge is 0.493 e. The quantitative estimate of drug-likeness (QED) is 0.802. The summed E-state index contributed by atoms with van der Waals surface area (Å²) in [6.45, 7) is 9.36. The van der Waals surface area contributed by atoms with Crippen molar-refractivity contribution < 1.29 is 4.74 Å². The first-order valence-electron chi connectivity index (χ1n) is 6.97. The molecule has 2 rings (SSSR count). The minimum absolute atomic E-state index is 0.0783. The van der Waals surface area contributed by atoms with Crippen LogP contribution in [0.4, 0.5) is 0 Å². The lowest BCUT2D eigenvalue weighted by Crippen LogP contribution is -2.17.